The van der Waals surface area contributed by atoms with Gasteiger partial charge in [0.1, 0.15) is 0 Å². The van der Waals surface area contributed by atoms with E-state index in [1.807, 2.05) is 18.2 Å². The lowest BCUT2D eigenvalue weighted by atomic mass is 9.90. The Labute approximate surface area is 118 Å². The summed E-state index contributed by atoms with van der Waals surface area (Å²) in [6, 6.07) is 10.2. The number of likely N-dealkylation sites (tertiary alicyclic amines) is 1. The first-order valence-electron chi connectivity index (χ1n) is 6.88. The first-order chi connectivity index (χ1) is 9.61. The lowest BCUT2D eigenvalue weighted by Crippen LogP contribution is -2.49. The van der Waals surface area contributed by atoms with Crippen molar-refractivity contribution in [2.24, 2.45) is 0 Å². The van der Waals surface area contributed by atoms with E-state index in [-0.39, 0.29) is 5.91 Å². The molecule has 0 aromatic heterocycles. The molecule has 0 atom stereocenters. The number of hydrogen-bond acceptors (Lipinski definition) is 4. The van der Waals surface area contributed by atoms with E-state index in [9.17, 15) is 9.59 Å². The summed E-state index contributed by atoms with van der Waals surface area (Å²) in [5.41, 5.74) is 0.356. The molecule has 0 unspecified atom stereocenters. The van der Waals surface area contributed by atoms with Gasteiger partial charge in [-0.2, -0.15) is 0 Å². The van der Waals surface area contributed by atoms with E-state index in [0.29, 0.717) is 12.8 Å². The number of ether oxygens (including phenoxy) is 1. The highest BCUT2D eigenvalue weighted by Crippen LogP contribution is 2.34. The molecule has 106 valence electrons. The van der Waals surface area contributed by atoms with Crippen LogP contribution in [0.5, 0.6) is 0 Å². The van der Waals surface area contributed by atoms with Crippen molar-refractivity contribution in [2.75, 3.05) is 20.1 Å². The number of carbonyl (C=O) groups excluding carboxylic acids is 2. The third kappa shape index (κ3) is 2.18. The summed E-state index contributed by atoms with van der Waals surface area (Å²) < 4.78 is 5.32. The Bertz CT molecular complexity index is 521. The molecule has 0 N–H and O–H groups in total. The second-order valence-corrected chi connectivity index (χ2v) is 5.49. The van der Waals surface area contributed by atoms with Gasteiger partial charge < -0.3 is 4.74 Å². The SMILES string of the molecule is CN1C(=O)OC2(CCN(Cc3ccccc3)CC2)C1=O. The molecule has 2 heterocycles. The van der Waals surface area contributed by atoms with Crippen molar-refractivity contribution >= 4 is 12.0 Å². The number of rotatable bonds is 2. The summed E-state index contributed by atoms with van der Waals surface area (Å²) in [6.07, 6.45) is 0.634. The van der Waals surface area contributed by atoms with Crippen LogP contribution in [0.15, 0.2) is 30.3 Å². The number of imide groups is 1. The number of benzene rings is 1. The molecule has 1 aromatic carbocycles. The van der Waals surface area contributed by atoms with Gasteiger partial charge in [-0.1, -0.05) is 30.3 Å². The maximum atomic E-state index is 12.1. The minimum Gasteiger partial charge on any atom is -0.432 e. The van der Waals surface area contributed by atoms with Gasteiger partial charge in [0.2, 0.25) is 0 Å². The third-order valence-corrected chi connectivity index (χ3v) is 4.16. The Hall–Kier alpha value is -1.88. The summed E-state index contributed by atoms with van der Waals surface area (Å²) in [5, 5.41) is 0. The van der Waals surface area contributed by atoms with E-state index in [1.165, 1.54) is 12.6 Å². The summed E-state index contributed by atoms with van der Waals surface area (Å²) in [5.74, 6) is -0.193. The minimum atomic E-state index is -0.904. The van der Waals surface area contributed by atoms with E-state index in [4.69, 9.17) is 4.74 Å². The van der Waals surface area contributed by atoms with E-state index >= 15 is 0 Å². The van der Waals surface area contributed by atoms with Crippen LogP contribution >= 0.6 is 0 Å². The van der Waals surface area contributed by atoms with Gasteiger partial charge in [0.15, 0.2) is 5.60 Å². The number of amides is 2. The predicted octanol–water partition coefficient (Wildman–Crippen LogP) is 1.63. The highest BCUT2D eigenvalue weighted by Gasteiger charge is 2.53. The van der Waals surface area contributed by atoms with Gasteiger partial charge >= 0.3 is 6.09 Å². The molecule has 3 rings (SSSR count). The van der Waals surface area contributed by atoms with Crippen LogP contribution in [0.2, 0.25) is 0 Å². The largest absolute Gasteiger partial charge is 0.432 e. The zero-order valence-electron chi connectivity index (χ0n) is 11.5. The molecule has 0 aliphatic carbocycles. The van der Waals surface area contributed by atoms with Crippen LogP contribution < -0.4 is 0 Å². The van der Waals surface area contributed by atoms with Crippen LogP contribution in [0.4, 0.5) is 4.79 Å². The lowest BCUT2D eigenvalue weighted by molar-refractivity contribution is -0.139. The average Bonchev–Trinajstić information content (AvgIpc) is 2.68. The third-order valence-electron chi connectivity index (χ3n) is 4.16. The fourth-order valence-corrected chi connectivity index (χ4v) is 2.90. The molecule has 0 radical (unpaired) electrons. The van der Waals surface area contributed by atoms with Gasteiger partial charge in [-0.25, -0.2) is 9.69 Å². The number of likely N-dealkylation sites (N-methyl/N-ethyl adjacent to an activating group) is 1. The molecule has 20 heavy (non-hydrogen) atoms. The smallest absolute Gasteiger partial charge is 0.417 e. The molecule has 5 heteroatoms. The normalized spacial score (nSPS) is 22.4. The molecule has 5 nitrogen and oxygen atoms in total. The van der Waals surface area contributed by atoms with Gasteiger partial charge in [0.05, 0.1) is 0 Å². The summed E-state index contributed by atoms with van der Waals surface area (Å²) in [7, 11) is 1.48. The van der Waals surface area contributed by atoms with Gasteiger partial charge in [0.25, 0.3) is 5.91 Å². The zero-order valence-corrected chi connectivity index (χ0v) is 11.5. The Morgan fingerprint density at radius 2 is 1.80 bits per heavy atom. The zero-order chi connectivity index (χ0) is 14.2. The second kappa shape index (κ2) is 4.90. The summed E-state index contributed by atoms with van der Waals surface area (Å²) >= 11 is 0. The van der Waals surface area contributed by atoms with E-state index in [0.717, 1.165) is 24.5 Å². The number of piperidine rings is 1. The maximum absolute atomic E-state index is 12.1. The fraction of sp³-hybridized carbons (Fsp3) is 0.467. The van der Waals surface area contributed by atoms with Gasteiger partial charge in [-0.15, -0.1) is 0 Å². The van der Waals surface area contributed by atoms with Crippen LogP contribution in [-0.2, 0) is 16.1 Å². The number of hydrogen-bond donors (Lipinski definition) is 0. The molecule has 2 amide bonds. The highest BCUT2D eigenvalue weighted by atomic mass is 16.6. The van der Waals surface area contributed by atoms with Crippen LogP contribution in [0.1, 0.15) is 18.4 Å². The number of nitrogens with zero attached hydrogens (tertiary/aromatic N) is 2. The first kappa shape index (κ1) is 13.1. The van der Waals surface area contributed by atoms with Crippen LogP contribution in [0.3, 0.4) is 0 Å². The average molecular weight is 274 g/mol. The monoisotopic (exact) mass is 274 g/mol. The topological polar surface area (TPSA) is 49.9 Å². The molecular formula is C15H18N2O3. The molecule has 2 saturated heterocycles. The summed E-state index contributed by atoms with van der Waals surface area (Å²) in [6.45, 7) is 2.40. The van der Waals surface area contributed by atoms with Gasteiger partial charge in [-0.05, 0) is 5.56 Å². The maximum Gasteiger partial charge on any atom is 0.417 e. The quantitative estimate of drug-likeness (QED) is 0.822. The molecule has 1 spiro atoms. The molecule has 1 aromatic rings. The van der Waals surface area contributed by atoms with Crippen LogP contribution in [0.25, 0.3) is 0 Å². The van der Waals surface area contributed by atoms with Gasteiger partial charge in [-0.3, -0.25) is 9.69 Å². The summed E-state index contributed by atoms with van der Waals surface area (Å²) in [4.78, 5) is 27.0. The lowest BCUT2D eigenvalue weighted by Gasteiger charge is -2.35. The molecular weight excluding hydrogens is 256 g/mol. The first-order valence-corrected chi connectivity index (χ1v) is 6.88. The van der Waals surface area contributed by atoms with Crippen molar-refractivity contribution in [1.29, 1.82) is 0 Å². The molecule has 2 aliphatic heterocycles. The van der Waals surface area contributed by atoms with Crippen molar-refractivity contribution in [3.8, 4) is 0 Å². The van der Waals surface area contributed by atoms with Crippen LogP contribution in [0, 0.1) is 0 Å². The van der Waals surface area contributed by atoms with Gasteiger partial charge in [0, 0.05) is 39.5 Å². The number of carbonyl (C=O) groups is 2. The van der Waals surface area contributed by atoms with E-state index in [2.05, 4.69) is 17.0 Å². The second-order valence-electron chi connectivity index (χ2n) is 5.49. The van der Waals surface area contributed by atoms with Crippen molar-refractivity contribution in [3.63, 3.8) is 0 Å². The Morgan fingerprint density at radius 1 is 1.15 bits per heavy atom. The fourth-order valence-electron chi connectivity index (χ4n) is 2.90. The standard InChI is InChI=1S/C15H18N2O3/c1-16-13(18)15(20-14(16)19)7-9-17(10-8-15)11-12-5-3-2-4-6-12/h2-6H,7-11H2,1H3. The minimum absolute atomic E-state index is 0.193. The molecule has 2 aliphatic rings. The molecule has 0 bridgehead atoms. The van der Waals surface area contributed by atoms with E-state index in [1.54, 1.807) is 0 Å². The van der Waals surface area contributed by atoms with Crippen molar-refractivity contribution in [1.82, 2.24) is 9.80 Å². The van der Waals surface area contributed by atoms with Crippen molar-refractivity contribution in [3.05, 3.63) is 35.9 Å². The van der Waals surface area contributed by atoms with E-state index < -0.39 is 11.7 Å². The predicted molar refractivity (Wildman–Crippen MR) is 72.9 cm³/mol. The molecule has 2 fully saturated rings. The van der Waals surface area contributed by atoms with Crippen molar-refractivity contribution in [2.45, 2.75) is 25.0 Å². The molecule has 0 saturated carbocycles. The van der Waals surface area contributed by atoms with Crippen molar-refractivity contribution < 1.29 is 14.3 Å². The Kier molecular flexibility index (Phi) is 3.22. The Morgan fingerprint density at radius 3 is 2.35 bits per heavy atom. The van der Waals surface area contributed by atoms with Crippen LogP contribution in [-0.4, -0.2) is 47.5 Å². The highest BCUT2D eigenvalue weighted by molar-refractivity contribution is 6.02. The Balaban J connectivity index is 1.63.